The number of fused-ring (bicyclic) bond motifs is 1. The van der Waals surface area contributed by atoms with E-state index in [1.807, 2.05) is 30.3 Å². The third-order valence-electron chi connectivity index (χ3n) is 4.94. The highest BCUT2D eigenvalue weighted by Gasteiger charge is 2.16. The van der Waals surface area contributed by atoms with Crippen molar-refractivity contribution in [3.05, 3.63) is 46.7 Å². The highest BCUT2D eigenvalue weighted by Crippen LogP contribution is 2.24. The van der Waals surface area contributed by atoms with E-state index in [0.29, 0.717) is 29.2 Å². The molecule has 9 heteroatoms. The number of hydrogen-bond acceptors (Lipinski definition) is 7. The second-order valence-electron chi connectivity index (χ2n) is 7.04. The highest BCUT2D eigenvalue weighted by atomic mass is 35.5. The van der Waals surface area contributed by atoms with Gasteiger partial charge in [-0.25, -0.2) is 4.98 Å². The summed E-state index contributed by atoms with van der Waals surface area (Å²) >= 11 is 12.3. The molecule has 0 radical (unpaired) electrons. The van der Waals surface area contributed by atoms with E-state index in [0.717, 1.165) is 48.6 Å². The zero-order valence-electron chi connectivity index (χ0n) is 16.2. The molecule has 29 heavy (non-hydrogen) atoms. The van der Waals surface area contributed by atoms with Crippen molar-refractivity contribution >= 4 is 51.6 Å². The van der Waals surface area contributed by atoms with E-state index < -0.39 is 0 Å². The molecule has 2 N–H and O–H groups in total. The van der Waals surface area contributed by atoms with Crippen LogP contribution in [0.3, 0.4) is 0 Å². The van der Waals surface area contributed by atoms with Gasteiger partial charge in [-0.05, 0) is 31.3 Å². The fourth-order valence-corrected chi connectivity index (χ4v) is 3.67. The Kier molecular flexibility index (Phi) is 6.18. The van der Waals surface area contributed by atoms with Crippen molar-refractivity contribution < 1.29 is 0 Å². The summed E-state index contributed by atoms with van der Waals surface area (Å²) in [5.41, 5.74) is 1.88. The van der Waals surface area contributed by atoms with Crippen LogP contribution in [-0.4, -0.2) is 66.2 Å². The molecular formula is C20H23Cl2N7. The molecule has 152 valence electrons. The minimum Gasteiger partial charge on any atom is -0.383 e. The monoisotopic (exact) mass is 431 g/mol. The fraction of sp³-hybridized carbons (Fsp3) is 0.350. The highest BCUT2D eigenvalue weighted by molar-refractivity contribution is 6.31. The largest absolute Gasteiger partial charge is 0.383 e. The number of likely N-dealkylation sites (N-methyl/N-ethyl adjacent to an activating group) is 1. The molecule has 2 aromatic heterocycles. The third-order valence-corrected chi connectivity index (χ3v) is 5.37. The van der Waals surface area contributed by atoms with Crippen LogP contribution in [0.5, 0.6) is 0 Å². The predicted molar refractivity (Wildman–Crippen MR) is 120 cm³/mol. The zero-order valence-corrected chi connectivity index (χ0v) is 17.7. The van der Waals surface area contributed by atoms with E-state index in [1.165, 1.54) is 0 Å². The summed E-state index contributed by atoms with van der Waals surface area (Å²) in [7, 11) is 2.13. The average Bonchev–Trinajstić information content (AvgIpc) is 2.71. The SMILES string of the molecule is CN1CCN(c2cc(Cl)nc(NCCNc3ccnc4cc(Cl)ccc34)n2)CC1. The lowest BCUT2D eigenvalue weighted by atomic mass is 10.2. The summed E-state index contributed by atoms with van der Waals surface area (Å²) in [5, 5.41) is 8.84. The lowest BCUT2D eigenvalue weighted by Gasteiger charge is -2.33. The van der Waals surface area contributed by atoms with Crippen LogP contribution >= 0.6 is 23.2 Å². The van der Waals surface area contributed by atoms with Gasteiger partial charge >= 0.3 is 0 Å². The molecule has 0 amide bonds. The molecule has 1 aliphatic heterocycles. The second kappa shape index (κ2) is 8.98. The normalized spacial score (nSPS) is 14.9. The number of benzene rings is 1. The quantitative estimate of drug-likeness (QED) is 0.456. The number of halogens is 2. The molecule has 1 aromatic carbocycles. The Hall–Kier alpha value is -2.35. The van der Waals surface area contributed by atoms with Gasteiger partial charge in [0.1, 0.15) is 11.0 Å². The lowest BCUT2D eigenvalue weighted by molar-refractivity contribution is 0.312. The molecule has 0 unspecified atom stereocenters. The molecule has 0 bridgehead atoms. The van der Waals surface area contributed by atoms with Crippen molar-refractivity contribution in [2.24, 2.45) is 0 Å². The average molecular weight is 432 g/mol. The number of aromatic nitrogens is 3. The molecule has 1 saturated heterocycles. The van der Waals surface area contributed by atoms with Crippen LogP contribution in [0.4, 0.5) is 17.5 Å². The Morgan fingerprint density at radius 1 is 0.966 bits per heavy atom. The van der Waals surface area contributed by atoms with Crippen molar-refractivity contribution in [3.8, 4) is 0 Å². The number of anilines is 3. The molecule has 0 spiro atoms. The van der Waals surface area contributed by atoms with E-state index >= 15 is 0 Å². The number of pyridine rings is 1. The first-order valence-corrected chi connectivity index (χ1v) is 10.3. The number of rotatable bonds is 6. The summed E-state index contributed by atoms with van der Waals surface area (Å²) < 4.78 is 0. The molecule has 0 saturated carbocycles. The third kappa shape index (κ3) is 4.98. The Balaban J connectivity index is 1.36. The Morgan fingerprint density at radius 3 is 2.59 bits per heavy atom. The standard InChI is InChI=1S/C20H23Cl2N7/c1-28-8-10-29(11-9-28)19-13-18(22)26-20(27-19)25-7-6-24-16-4-5-23-17-12-14(21)2-3-15(16)17/h2-5,12-13H,6-11H2,1H3,(H,23,24)(H,25,26,27). The van der Waals surface area contributed by atoms with E-state index in [-0.39, 0.29) is 0 Å². The van der Waals surface area contributed by atoms with Crippen LogP contribution in [0, 0.1) is 0 Å². The predicted octanol–water partition coefficient (Wildman–Crippen LogP) is 3.61. The minimum atomic E-state index is 0.446. The van der Waals surface area contributed by atoms with Crippen LogP contribution in [0.1, 0.15) is 0 Å². The van der Waals surface area contributed by atoms with Crippen molar-refractivity contribution in [3.63, 3.8) is 0 Å². The van der Waals surface area contributed by atoms with Crippen LogP contribution in [-0.2, 0) is 0 Å². The van der Waals surface area contributed by atoms with Gasteiger partial charge in [0.25, 0.3) is 0 Å². The summed E-state index contributed by atoms with van der Waals surface area (Å²) in [6.45, 7) is 5.24. The number of nitrogens with zero attached hydrogens (tertiary/aromatic N) is 5. The maximum atomic E-state index is 6.22. The summed E-state index contributed by atoms with van der Waals surface area (Å²) in [5.74, 6) is 1.41. The van der Waals surface area contributed by atoms with Crippen LogP contribution in [0.25, 0.3) is 10.9 Å². The Morgan fingerprint density at radius 2 is 1.76 bits per heavy atom. The van der Waals surface area contributed by atoms with E-state index in [9.17, 15) is 0 Å². The molecule has 1 aliphatic rings. The van der Waals surface area contributed by atoms with E-state index in [2.05, 4.69) is 42.4 Å². The van der Waals surface area contributed by atoms with Gasteiger partial charge < -0.3 is 20.4 Å². The van der Waals surface area contributed by atoms with E-state index in [1.54, 1.807) is 6.20 Å². The topological polar surface area (TPSA) is 69.2 Å². The maximum Gasteiger partial charge on any atom is 0.226 e. The minimum absolute atomic E-state index is 0.446. The van der Waals surface area contributed by atoms with E-state index in [4.69, 9.17) is 23.2 Å². The van der Waals surface area contributed by atoms with Gasteiger partial charge in [-0.2, -0.15) is 4.98 Å². The van der Waals surface area contributed by atoms with Crippen molar-refractivity contribution in [1.82, 2.24) is 19.9 Å². The van der Waals surface area contributed by atoms with Gasteiger partial charge in [0.15, 0.2) is 0 Å². The van der Waals surface area contributed by atoms with Gasteiger partial charge in [-0.15, -0.1) is 0 Å². The van der Waals surface area contributed by atoms with Crippen LogP contribution < -0.4 is 15.5 Å². The first kappa shape index (κ1) is 19.9. The molecule has 3 aromatic rings. The van der Waals surface area contributed by atoms with Gasteiger partial charge in [0.05, 0.1) is 5.52 Å². The van der Waals surface area contributed by atoms with Crippen molar-refractivity contribution in [2.75, 3.05) is 61.8 Å². The Bertz CT molecular complexity index is 990. The van der Waals surface area contributed by atoms with Crippen LogP contribution in [0.15, 0.2) is 36.5 Å². The van der Waals surface area contributed by atoms with Crippen LogP contribution in [0.2, 0.25) is 10.2 Å². The molecule has 0 atom stereocenters. The lowest BCUT2D eigenvalue weighted by Crippen LogP contribution is -2.44. The van der Waals surface area contributed by atoms with Gasteiger partial charge in [-0.3, -0.25) is 4.98 Å². The smallest absolute Gasteiger partial charge is 0.226 e. The maximum absolute atomic E-state index is 6.22. The molecule has 3 heterocycles. The first-order valence-electron chi connectivity index (χ1n) is 9.58. The van der Waals surface area contributed by atoms with Gasteiger partial charge in [0, 0.05) is 67.6 Å². The number of nitrogens with one attached hydrogen (secondary N) is 2. The molecular weight excluding hydrogens is 409 g/mol. The number of piperazine rings is 1. The zero-order chi connectivity index (χ0) is 20.2. The molecule has 1 fully saturated rings. The Labute approximate surface area is 180 Å². The second-order valence-corrected chi connectivity index (χ2v) is 7.86. The summed E-state index contributed by atoms with van der Waals surface area (Å²) in [6, 6.07) is 9.49. The van der Waals surface area contributed by atoms with Gasteiger partial charge in [0.2, 0.25) is 5.95 Å². The fourth-order valence-electron chi connectivity index (χ4n) is 3.33. The van der Waals surface area contributed by atoms with Crippen molar-refractivity contribution in [1.29, 1.82) is 0 Å². The first-order chi connectivity index (χ1) is 14.1. The molecule has 0 aliphatic carbocycles. The summed E-state index contributed by atoms with van der Waals surface area (Å²) in [6.07, 6.45) is 1.77. The number of hydrogen-bond donors (Lipinski definition) is 2. The molecule has 7 nitrogen and oxygen atoms in total. The molecule has 4 rings (SSSR count). The summed E-state index contributed by atoms with van der Waals surface area (Å²) in [4.78, 5) is 17.8. The van der Waals surface area contributed by atoms with Crippen molar-refractivity contribution in [2.45, 2.75) is 0 Å². The van der Waals surface area contributed by atoms with Gasteiger partial charge in [-0.1, -0.05) is 23.2 Å².